The average Bonchev–Trinajstić information content (AvgIpc) is 2.87. The van der Waals surface area contributed by atoms with Crippen LogP contribution in [-0.2, 0) is 24.3 Å². The number of carbonyl (C=O) groups is 2. The van der Waals surface area contributed by atoms with E-state index in [-0.39, 0.29) is 30.6 Å². The zero-order valence-corrected chi connectivity index (χ0v) is 19.4. The van der Waals surface area contributed by atoms with Gasteiger partial charge in [-0.25, -0.2) is 4.39 Å². The Bertz CT molecular complexity index is 1310. The predicted molar refractivity (Wildman–Crippen MR) is 134 cm³/mol. The van der Waals surface area contributed by atoms with Gasteiger partial charge in [-0.2, -0.15) is 0 Å². The normalized spacial score (nSPS) is 10.6. The van der Waals surface area contributed by atoms with Crippen LogP contribution >= 0.6 is 0 Å². The molecule has 0 bridgehead atoms. The number of aromatic nitrogens is 1. The van der Waals surface area contributed by atoms with E-state index >= 15 is 0 Å². The van der Waals surface area contributed by atoms with Crippen LogP contribution in [-0.4, -0.2) is 16.8 Å². The third kappa shape index (κ3) is 6.38. The fraction of sp³-hybridized carbons (Fsp3) is 0.138. The first-order chi connectivity index (χ1) is 17.0. The van der Waals surface area contributed by atoms with Crippen molar-refractivity contribution in [2.24, 2.45) is 0 Å². The van der Waals surface area contributed by atoms with Crippen LogP contribution in [0.3, 0.4) is 0 Å². The summed E-state index contributed by atoms with van der Waals surface area (Å²) in [5.41, 5.74) is 4.41. The molecule has 1 N–H and O–H groups in total. The van der Waals surface area contributed by atoms with Gasteiger partial charge in [-0.3, -0.25) is 14.6 Å². The second kappa shape index (κ2) is 11.2. The van der Waals surface area contributed by atoms with Gasteiger partial charge in [0, 0.05) is 17.4 Å². The van der Waals surface area contributed by atoms with Crippen molar-refractivity contribution in [1.29, 1.82) is 0 Å². The Hall–Kier alpha value is -4.32. The minimum absolute atomic E-state index is 0.115. The summed E-state index contributed by atoms with van der Waals surface area (Å²) < 4.78 is 13.8. The maximum Gasteiger partial charge on any atom is 0.258 e. The summed E-state index contributed by atoms with van der Waals surface area (Å²) in [6.07, 6.45) is 1.90. The lowest BCUT2D eigenvalue weighted by Crippen LogP contribution is -2.31. The molecular formula is C29H26FN3O2. The molecule has 4 aromatic rings. The molecule has 6 heteroatoms. The number of carbonyl (C=O) groups excluding carboxylic acids is 2. The molecule has 3 aromatic carbocycles. The lowest BCUT2D eigenvalue weighted by Gasteiger charge is -2.24. The highest BCUT2D eigenvalue weighted by Gasteiger charge is 2.20. The molecule has 0 radical (unpaired) electrons. The zero-order chi connectivity index (χ0) is 24.6. The lowest BCUT2D eigenvalue weighted by molar-refractivity contribution is -0.120. The molecule has 2 amide bonds. The van der Waals surface area contributed by atoms with Gasteiger partial charge in [-0.05, 0) is 66.1 Å². The number of rotatable bonds is 8. The van der Waals surface area contributed by atoms with Gasteiger partial charge in [0.25, 0.3) is 5.91 Å². The highest BCUT2D eigenvalue weighted by molar-refractivity contribution is 6.07. The Labute approximate surface area is 204 Å². The van der Waals surface area contributed by atoms with E-state index in [1.807, 2.05) is 67.6 Å². The third-order valence-electron chi connectivity index (χ3n) is 5.66. The standard InChI is InChI=1S/C29H26FN3O2/c1-21-7-2-3-11-27(21)29(35)33(20-23-8-6-9-24(30)17-23)26-14-12-22(13-15-26)18-28(34)32-19-25-10-4-5-16-31-25/h2-17H,18-20H2,1H3,(H,32,34). The summed E-state index contributed by atoms with van der Waals surface area (Å²) in [6.45, 7) is 2.47. The molecule has 1 heterocycles. The molecule has 0 aliphatic heterocycles. The number of pyridine rings is 1. The molecule has 1 aromatic heterocycles. The van der Waals surface area contributed by atoms with Crippen LogP contribution in [0.4, 0.5) is 10.1 Å². The Morgan fingerprint density at radius 3 is 2.37 bits per heavy atom. The largest absolute Gasteiger partial charge is 0.350 e. The number of nitrogens with zero attached hydrogens (tertiary/aromatic N) is 2. The molecule has 0 fully saturated rings. The summed E-state index contributed by atoms with van der Waals surface area (Å²) in [7, 11) is 0. The molecule has 5 nitrogen and oxygen atoms in total. The number of hydrogen-bond donors (Lipinski definition) is 1. The molecule has 0 saturated carbocycles. The van der Waals surface area contributed by atoms with Crippen LogP contribution in [0.25, 0.3) is 0 Å². The molecule has 0 aliphatic rings. The van der Waals surface area contributed by atoms with E-state index < -0.39 is 0 Å². The van der Waals surface area contributed by atoms with Crippen LogP contribution in [0.1, 0.15) is 32.7 Å². The first-order valence-electron chi connectivity index (χ1n) is 11.4. The molecule has 176 valence electrons. The Balaban J connectivity index is 1.51. The first kappa shape index (κ1) is 23.8. The predicted octanol–water partition coefficient (Wildman–Crippen LogP) is 5.24. The lowest BCUT2D eigenvalue weighted by atomic mass is 10.1. The van der Waals surface area contributed by atoms with Crippen molar-refractivity contribution in [3.8, 4) is 0 Å². The molecule has 0 aliphatic carbocycles. The smallest absolute Gasteiger partial charge is 0.258 e. The quantitative estimate of drug-likeness (QED) is 0.386. The summed E-state index contributed by atoms with van der Waals surface area (Å²) in [4.78, 5) is 31.7. The Kier molecular flexibility index (Phi) is 7.63. The van der Waals surface area contributed by atoms with E-state index in [4.69, 9.17) is 0 Å². The van der Waals surface area contributed by atoms with Gasteiger partial charge in [-0.15, -0.1) is 0 Å². The average molecular weight is 468 g/mol. The topological polar surface area (TPSA) is 62.3 Å². The number of anilines is 1. The minimum atomic E-state index is -0.349. The summed E-state index contributed by atoms with van der Waals surface area (Å²) >= 11 is 0. The molecular weight excluding hydrogens is 441 g/mol. The molecule has 0 unspecified atom stereocenters. The highest BCUT2D eigenvalue weighted by atomic mass is 19.1. The molecule has 0 spiro atoms. The highest BCUT2D eigenvalue weighted by Crippen LogP contribution is 2.23. The van der Waals surface area contributed by atoms with Gasteiger partial charge in [0.2, 0.25) is 5.91 Å². The van der Waals surface area contributed by atoms with Crippen LogP contribution in [0.5, 0.6) is 0 Å². The second-order valence-corrected chi connectivity index (χ2v) is 8.28. The number of hydrogen-bond acceptors (Lipinski definition) is 3. The van der Waals surface area contributed by atoms with Crippen molar-refractivity contribution in [1.82, 2.24) is 10.3 Å². The van der Waals surface area contributed by atoms with Crippen LogP contribution in [0, 0.1) is 12.7 Å². The van der Waals surface area contributed by atoms with Crippen molar-refractivity contribution < 1.29 is 14.0 Å². The maximum atomic E-state index is 13.8. The monoisotopic (exact) mass is 467 g/mol. The van der Waals surface area contributed by atoms with E-state index in [9.17, 15) is 14.0 Å². The first-order valence-corrected chi connectivity index (χ1v) is 11.4. The van der Waals surface area contributed by atoms with E-state index in [2.05, 4.69) is 10.3 Å². The number of benzene rings is 3. The minimum Gasteiger partial charge on any atom is -0.350 e. The van der Waals surface area contributed by atoms with E-state index in [1.54, 1.807) is 29.3 Å². The van der Waals surface area contributed by atoms with Gasteiger partial charge in [0.05, 0.1) is 25.2 Å². The zero-order valence-electron chi connectivity index (χ0n) is 19.4. The van der Waals surface area contributed by atoms with Crippen molar-refractivity contribution in [3.63, 3.8) is 0 Å². The molecule has 35 heavy (non-hydrogen) atoms. The summed E-state index contributed by atoms with van der Waals surface area (Å²) in [5, 5.41) is 2.87. The maximum absolute atomic E-state index is 13.8. The third-order valence-corrected chi connectivity index (χ3v) is 5.66. The number of amides is 2. The Morgan fingerprint density at radius 2 is 1.66 bits per heavy atom. The van der Waals surface area contributed by atoms with E-state index in [1.165, 1.54) is 12.1 Å². The van der Waals surface area contributed by atoms with Crippen LogP contribution in [0.15, 0.2) is 97.2 Å². The van der Waals surface area contributed by atoms with Crippen molar-refractivity contribution in [2.75, 3.05) is 4.90 Å². The SMILES string of the molecule is Cc1ccccc1C(=O)N(Cc1cccc(F)c1)c1ccc(CC(=O)NCc2ccccn2)cc1. The fourth-order valence-electron chi connectivity index (χ4n) is 3.79. The van der Waals surface area contributed by atoms with Gasteiger partial charge in [-0.1, -0.05) is 48.5 Å². The van der Waals surface area contributed by atoms with Gasteiger partial charge < -0.3 is 10.2 Å². The van der Waals surface area contributed by atoms with E-state index in [0.29, 0.717) is 23.4 Å². The number of halogens is 1. The number of aryl methyl sites for hydroxylation is 1. The van der Waals surface area contributed by atoms with Crippen LogP contribution in [0.2, 0.25) is 0 Å². The molecule has 0 atom stereocenters. The van der Waals surface area contributed by atoms with Crippen molar-refractivity contribution >= 4 is 17.5 Å². The van der Waals surface area contributed by atoms with Crippen molar-refractivity contribution in [3.05, 3.63) is 131 Å². The molecule has 4 rings (SSSR count). The number of nitrogens with one attached hydrogen (secondary N) is 1. The van der Waals surface area contributed by atoms with Gasteiger partial charge in [0.15, 0.2) is 0 Å². The fourth-order valence-corrected chi connectivity index (χ4v) is 3.79. The van der Waals surface area contributed by atoms with E-state index in [0.717, 1.165) is 16.8 Å². The second-order valence-electron chi connectivity index (χ2n) is 8.28. The van der Waals surface area contributed by atoms with Gasteiger partial charge in [0.1, 0.15) is 5.82 Å². The van der Waals surface area contributed by atoms with Crippen LogP contribution < -0.4 is 10.2 Å². The van der Waals surface area contributed by atoms with Gasteiger partial charge >= 0.3 is 0 Å². The Morgan fingerprint density at radius 1 is 0.886 bits per heavy atom. The molecule has 0 saturated heterocycles. The van der Waals surface area contributed by atoms with Crippen molar-refractivity contribution in [2.45, 2.75) is 26.4 Å². The summed E-state index contributed by atoms with van der Waals surface area (Å²) in [5.74, 6) is -0.637. The summed E-state index contributed by atoms with van der Waals surface area (Å²) in [6, 6.07) is 26.5.